The van der Waals surface area contributed by atoms with Crippen LogP contribution in [0.4, 0.5) is 34.1 Å². The largest absolute Gasteiger partial charge is 0.456 e. The first-order chi connectivity index (χ1) is 61.8. The number of aromatic nitrogens is 2. The number of fused-ring (bicyclic) bond motifs is 12. The third-order valence-electron chi connectivity index (χ3n) is 21.5. The van der Waals surface area contributed by atoms with Gasteiger partial charge in [0.25, 0.3) is 0 Å². The minimum atomic E-state index is -0.760. The molecule has 6 nitrogen and oxygen atoms in total. The maximum Gasteiger partial charge on any atom is 0.136 e. The monoisotopic (exact) mass is 1450 g/mol. The van der Waals surface area contributed by atoms with E-state index in [1.165, 1.54) is 9.13 Å². The molecule has 0 aliphatic carbocycles. The van der Waals surface area contributed by atoms with E-state index in [0.717, 1.165) is 93.9 Å². The smallest absolute Gasteiger partial charge is 0.136 e. The van der Waals surface area contributed by atoms with E-state index in [-0.39, 0.29) is 55.0 Å². The first-order valence-corrected chi connectivity index (χ1v) is 37.2. The second kappa shape index (κ2) is 26.7. The van der Waals surface area contributed by atoms with E-state index < -0.39 is 102 Å². The molecule has 0 aliphatic rings. The highest BCUT2D eigenvalue weighted by molar-refractivity contribution is 6.18. The zero-order valence-corrected chi connectivity index (χ0v) is 60.9. The molecule has 0 aliphatic heterocycles. The van der Waals surface area contributed by atoms with Crippen molar-refractivity contribution in [2.24, 2.45) is 0 Å². The van der Waals surface area contributed by atoms with Crippen molar-refractivity contribution < 1.29 is 30.8 Å². The van der Waals surface area contributed by atoms with Crippen LogP contribution in [0.5, 0.6) is 0 Å². The first-order valence-electron chi connectivity index (χ1n) is 45.2. The Hall–Kier alpha value is -14.5. The first kappa shape index (κ1) is 51.0. The summed E-state index contributed by atoms with van der Waals surface area (Å²) in [6.07, 6.45) is 0. The molecule has 21 aromatic rings. The number of nitrogens with zero attached hydrogens (tertiary/aromatic N) is 4. The molecule has 112 heavy (non-hydrogen) atoms. The Labute approximate surface area is 671 Å². The van der Waals surface area contributed by atoms with Crippen LogP contribution in [0.15, 0.2) is 403 Å². The van der Waals surface area contributed by atoms with Gasteiger partial charge >= 0.3 is 0 Å². The molecule has 21 rings (SSSR count). The number of hydrogen-bond acceptors (Lipinski definition) is 4. The van der Waals surface area contributed by atoms with Crippen LogP contribution < -0.4 is 9.80 Å². The lowest BCUT2D eigenvalue weighted by molar-refractivity contribution is 0.590. The normalized spacial score (nSPS) is 13.9. The Morgan fingerprint density at radius 1 is 0.259 bits per heavy atom. The molecule has 0 N–H and O–H groups in total. The molecule has 4 aromatic heterocycles. The highest BCUT2D eigenvalue weighted by atomic mass is 16.3. The number of hydrogen-bond donors (Lipinski definition) is 0. The molecule has 0 amide bonds. The zero-order valence-electron chi connectivity index (χ0n) is 76.9. The van der Waals surface area contributed by atoms with Gasteiger partial charge in [-0.3, -0.25) is 0 Å². The maximum absolute atomic E-state index is 9.88. The van der Waals surface area contributed by atoms with Gasteiger partial charge in [-0.15, -0.1) is 0 Å². The van der Waals surface area contributed by atoms with E-state index in [2.05, 4.69) is 146 Å². The second-order valence-corrected chi connectivity index (χ2v) is 29.1. The summed E-state index contributed by atoms with van der Waals surface area (Å²) < 4.78 is 168. The molecule has 0 bridgehead atoms. The summed E-state index contributed by atoms with van der Waals surface area (Å²) in [4.78, 5) is 4.41. The average Bonchev–Trinajstić information content (AvgIpc) is 1.55. The van der Waals surface area contributed by atoms with E-state index in [9.17, 15) is 16.4 Å². The Bertz CT molecular complexity index is 7640. The summed E-state index contributed by atoms with van der Waals surface area (Å²) in [6.45, 7) is 6.43. The summed E-state index contributed by atoms with van der Waals surface area (Å²) in [5, 5.41) is 2.98. The van der Waals surface area contributed by atoms with E-state index >= 15 is 0 Å². The van der Waals surface area contributed by atoms with Crippen LogP contribution in [-0.4, -0.2) is 9.13 Å². The topological polar surface area (TPSA) is 42.6 Å². The van der Waals surface area contributed by atoms with Crippen molar-refractivity contribution in [3.05, 3.63) is 399 Å². The summed E-state index contributed by atoms with van der Waals surface area (Å²) in [6, 6.07) is 90.4. The van der Waals surface area contributed by atoms with Gasteiger partial charge in [0, 0.05) is 99.5 Å². The third kappa shape index (κ3) is 11.1. The van der Waals surface area contributed by atoms with Crippen molar-refractivity contribution in [2.45, 2.75) is 26.2 Å². The zero-order chi connectivity index (χ0) is 88.5. The van der Waals surface area contributed by atoms with Crippen LogP contribution in [0.3, 0.4) is 0 Å². The van der Waals surface area contributed by atoms with Gasteiger partial charge in [-0.1, -0.05) is 287 Å². The Balaban J connectivity index is 0.962. The predicted molar refractivity (Wildman–Crippen MR) is 470 cm³/mol. The lowest BCUT2D eigenvalue weighted by atomic mass is 9.85. The van der Waals surface area contributed by atoms with Gasteiger partial charge in [-0.25, -0.2) is 0 Å². The van der Waals surface area contributed by atoms with Gasteiger partial charge in [0.15, 0.2) is 0 Å². The lowest BCUT2D eigenvalue weighted by Crippen LogP contribution is -2.19. The molecule has 0 saturated carbocycles. The van der Waals surface area contributed by atoms with Gasteiger partial charge in [-0.05, 0) is 183 Å². The van der Waals surface area contributed by atoms with E-state index in [1.54, 1.807) is 12.1 Å². The molecular formula is C106H74N4O2. The van der Waals surface area contributed by atoms with Gasteiger partial charge < -0.3 is 27.8 Å². The van der Waals surface area contributed by atoms with Crippen LogP contribution in [0.25, 0.3) is 166 Å². The second-order valence-electron chi connectivity index (χ2n) is 29.1. The minimum absolute atomic E-state index is 0.0722. The lowest BCUT2D eigenvalue weighted by Gasteiger charge is -2.36. The van der Waals surface area contributed by atoms with Crippen molar-refractivity contribution in [3.8, 4) is 78.1 Å². The molecule has 17 aromatic carbocycles. The van der Waals surface area contributed by atoms with Crippen LogP contribution in [0.1, 0.15) is 48.3 Å². The fourth-order valence-electron chi connectivity index (χ4n) is 16.4. The SMILES string of the molecule is [2H]c1c([2H])c([2H])c2c(c1[2H])c1c([2H])c([2H])c([2H])c([2H])c1n2-c1cccc(N(c2cc(N(c3cccc(-n4c5c([2H])c([2H])c([2H])c([2H])c5c5c([2H])c([2H])c([2H])c([2H])c54)c3)c3c(-c4ccccc4)cc(-c4ccccc4)cc3-c3cccc4oc5ccccc5c34)cc(C(C)(C)C)c2)c2c(-c3ccccc3)cc(-c3ccccc3)cc2-c2cccc3oc4ccccc4c23)c1. The number of benzene rings is 17. The molecule has 0 saturated heterocycles. The van der Waals surface area contributed by atoms with Gasteiger partial charge in [0.05, 0.1) is 55.4 Å². The summed E-state index contributed by atoms with van der Waals surface area (Å²) in [5.74, 6) is 0. The van der Waals surface area contributed by atoms with Crippen molar-refractivity contribution in [1.29, 1.82) is 0 Å². The minimum Gasteiger partial charge on any atom is -0.456 e. The maximum atomic E-state index is 9.88. The van der Waals surface area contributed by atoms with Gasteiger partial charge in [0.1, 0.15) is 22.3 Å². The standard InChI is InChI=1S/C106H74N4O2/c1-106(2,3)75-64-80(107(76-40-28-42-78(66-76)109-94-52-22-16-44-82(94)83-45-17-23-53-95(83)109)104-90(71-36-12-6-13-37-71)60-73(69-32-8-4-9-33-69)62-92(104)86-50-30-58-100-102(86)88-48-20-26-56-98(88)111-100)68-81(65-75)108(77-41-29-43-79(67-77)110-96-54-24-18-46-84(96)85-47-19-25-55-97(85)110)105-91(72-38-14-7-15-39-72)61-74(70-34-10-5-11-35-70)63-93(105)87-51-31-59-101-103(87)89-49-21-27-57-99(89)112-101/h4-68H,1-3H3/i16D,17D,18D,19D,22D,23D,24D,25D,44D,45D,46D,47D,52D,53D,54D,55D. The van der Waals surface area contributed by atoms with Crippen LogP contribution in [-0.2, 0) is 5.41 Å². The van der Waals surface area contributed by atoms with Crippen LogP contribution in [0.2, 0.25) is 0 Å². The number of furan rings is 2. The molecule has 530 valence electrons. The van der Waals surface area contributed by atoms with Crippen LogP contribution in [0, 0.1) is 0 Å². The number of para-hydroxylation sites is 6. The third-order valence-corrected chi connectivity index (χ3v) is 21.5. The fraction of sp³-hybridized carbons (Fsp3) is 0.0377. The predicted octanol–water partition coefficient (Wildman–Crippen LogP) is 29.9. The Morgan fingerprint density at radius 2 is 0.589 bits per heavy atom. The Morgan fingerprint density at radius 3 is 0.973 bits per heavy atom. The van der Waals surface area contributed by atoms with Crippen molar-refractivity contribution in [1.82, 2.24) is 9.13 Å². The molecule has 6 heteroatoms. The fourth-order valence-corrected chi connectivity index (χ4v) is 16.4. The van der Waals surface area contributed by atoms with Crippen molar-refractivity contribution >= 4 is 122 Å². The van der Waals surface area contributed by atoms with Gasteiger partial charge in [-0.2, -0.15) is 0 Å². The van der Waals surface area contributed by atoms with Gasteiger partial charge in [0.2, 0.25) is 0 Å². The molecule has 0 unspecified atom stereocenters. The molecule has 0 atom stereocenters. The molecule has 0 spiro atoms. The Kier molecular flexibility index (Phi) is 12.2. The summed E-state index contributed by atoms with van der Waals surface area (Å²) in [5.41, 5.74) is 15.9. The van der Waals surface area contributed by atoms with Crippen molar-refractivity contribution in [3.63, 3.8) is 0 Å². The average molecular weight is 1450 g/mol. The van der Waals surface area contributed by atoms with Crippen molar-refractivity contribution in [2.75, 3.05) is 9.80 Å². The molecular weight excluding hydrogens is 1360 g/mol. The molecule has 4 heterocycles. The molecule has 0 radical (unpaired) electrons. The van der Waals surface area contributed by atoms with E-state index in [4.69, 9.17) is 14.3 Å². The number of rotatable bonds is 14. The highest BCUT2D eigenvalue weighted by Crippen LogP contribution is 2.56. The van der Waals surface area contributed by atoms with Crippen LogP contribution >= 0.6 is 0 Å². The van der Waals surface area contributed by atoms with E-state index in [0.29, 0.717) is 56.5 Å². The summed E-state index contributed by atoms with van der Waals surface area (Å²) in [7, 11) is 0. The number of anilines is 6. The van der Waals surface area contributed by atoms with E-state index in [1.807, 2.05) is 170 Å². The highest BCUT2D eigenvalue weighted by Gasteiger charge is 2.32. The molecule has 0 fully saturated rings. The quantitative estimate of drug-likeness (QED) is 0.109. The summed E-state index contributed by atoms with van der Waals surface area (Å²) >= 11 is 0.